The van der Waals surface area contributed by atoms with E-state index in [0.717, 1.165) is 28.5 Å². The number of aldehydes is 1. The predicted molar refractivity (Wildman–Crippen MR) is 57.4 cm³/mol. The average molecular weight is 206 g/mol. The van der Waals surface area contributed by atoms with E-state index in [1.165, 1.54) is 0 Å². The van der Waals surface area contributed by atoms with Gasteiger partial charge in [0.05, 0.1) is 6.42 Å². The molecule has 0 amide bonds. The molecule has 0 spiro atoms. The fraction of sp³-hybridized carbons (Fsp3) is 0.333. The standard InChI is InChI=1S/C12H14O3/c1-7-4-8(2)11(6-13)9(3)10(7)5-12(14)15/h4,6H,5H2,1-3H3,(H,14,15). The number of rotatable bonds is 3. The highest BCUT2D eigenvalue weighted by Crippen LogP contribution is 2.21. The molecular formula is C12H14O3. The Hall–Kier alpha value is -1.64. The molecule has 0 atom stereocenters. The van der Waals surface area contributed by atoms with Crippen LogP contribution in [0, 0.1) is 20.8 Å². The van der Waals surface area contributed by atoms with Gasteiger partial charge in [-0.25, -0.2) is 0 Å². The number of carboxylic acids is 1. The second-order valence-electron chi connectivity index (χ2n) is 3.72. The molecule has 3 nitrogen and oxygen atoms in total. The molecule has 80 valence electrons. The average Bonchev–Trinajstić information content (AvgIpc) is 2.12. The van der Waals surface area contributed by atoms with Gasteiger partial charge >= 0.3 is 5.97 Å². The van der Waals surface area contributed by atoms with Crippen LogP contribution in [0.5, 0.6) is 0 Å². The quantitative estimate of drug-likeness (QED) is 0.770. The third-order valence-electron chi connectivity index (χ3n) is 2.64. The minimum Gasteiger partial charge on any atom is -0.481 e. The summed E-state index contributed by atoms with van der Waals surface area (Å²) in [5.74, 6) is -0.873. The molecule has 0 aliphatic carbocycles. The van der Waals surface area contributed by atoms with Crippen molar-refractivity contribution in [3.05, 3.63) is 33.9 Å². The highest BCUT2D eigenvalue weighted by atomic mass is 16.4. The lowest BCUT2D eigenvalue weighted by atomic mass is 9.92. The lowest BCUT2D eigenvalue weighted by Crippen LogP contribution is -2.07. The number of carboxylic acid groups (broad SMARTS) is 1. The monoisotopic (exact) mass is 206 g/mol. The molecule has 1 rings (SSSR count). The molecular weight excluding hydrogens is 192 g/mol. The Morgan fingerprint density at radius 1 is 1.33 bits per heavy atom. The van der Waals surface area contributed by atoms with E-state index in [-0.39, 0.29) is 6.42 Å². The maximum absolute atomic E-state index is 10.9. The van der Waals surface area contributed by atoms with Crippen LogP contribution in [0.25, 0.3) is 0 Å². The van der Waals surface area contributed by atoms with Crippen LogP contribution >= 0.6 is 0 Å². The van der Waals surface area contributed by atoms with Crippen LogP contribution in [-0.2, 0) is 11.2 Å². The van der Waals surface area contributed by atoms with Crippen LogP contribution in [-0.4, -0.2) is 17.4 Å². The number of benzene rings is 1. The number of carbonyl (C=O) groups is 2. The van der Waals surface area contributed by atoms with E-state index in [1.54, 1.807) is 6.92 Å². The van der Waals surface area contributed by atoms with Crippen LogP contribution in [0.1, 0.15) is 32.6 Å². The van der Waals surface area contributed by atoms with E-state index in [1.807, 2.05) is 19.9 Å². The van der Waals surface area contributed by atoms with E-state index < -0.39 is 5.97 Å². The first-order valence-corrected chi connectivity index (χ1v) is 4.74. The van der Waals surface area contributed by atoms with Crippen molar-refractivity contribution in [3.8, 4) is 0 Å². The molecule has 0 heterocycles. The van der Waals surface area contributed by atoms with Crippen molar-refractivity contribution in [2.24, 2.45) is 0 Å². The van der Waals surface area contributed by atoms with Crippen molar-refractivity contribution >= 4 is 12.3 Å². The van der Waals surface area contributed by atoms with Crippen molar-refractivity contribution in [2.75, 3.05) is 0 Å². The zero-order valence-corrected chi connectivity index (χ0v) is 9.13. The summed E-state index contributed by atoms with van der Waals surface area (Å²) in [7, 11) is 0. The van der Waals surface area contributed by atoms with Crippen LogP contribution in [0.4, 0.5) is 0 Å². The van der Waals surface area contributed by atoms with E-state index in [9.17, 15) is 9.59 Å². The summed E-state index contributed by atoms with van der Waals surface area (Å²) >= 11 is 0. The zero-order valence-electron chi connectivity index (χ0n) is 9.13. The van der Waals surface area contributed by atoms with Gasteiger partial charge < -0.3 is 5.11 Å². The van der Waals surface area contributed by atoms with Gasteiger partial charge in [0.25, 0.3) is 0 Å². The Bertz CT molecular complexity index is 419. The molecule has 0 aliphatic heterocycles. The normalized spacial score (nSPS) is 10.1. The predicted octanol–water partition coefficient (Wildman–Crippen LogP) is 2.05. The highest BCUT2D eigenvalue weighted by Gasteiger charge is 2.12. The molecule has 0 aromatic heterocycles. The number of hydrogen-bond acceptors (Lipinski definition) is 2. The summed E-state index contributed by atoms with van der Waals surface area (Å²) in [6.07, 6.45) is 0.758. The van der Waals surface area contributed by atoms with Gasteiger partial charge in [-0.2, -0.15) is 0 Å². The molecule has 0 fully saturated rings. The Balaban J connectivity index is 3.38. The smallest absolute Gasteiger partial charge is 0.307 e. The number of aliphatic carboxylic acids is 1. The van der Waals surface area contributed by atoms with Gasteiger partial charge in [0, 0.05) is 5.56 Å². The summed E-state index contributed by atoms with van der Waals surface area (Å²) in [5.41, 5.74) is 3.96. The van der Waals surface area contributed by atoms with E-state index in [4.69, 9.17) is 5.11 Å². The van der Waals surface area contributed by atoms with Crippen LogP contribution in [0.3, 0.4) is 0 Å². The van der Waals surface area contributed by atoms with Crippen molar-refractivity contribution in [3.63, 3.8) is 0 Å². The number of hydrogen-bond donors (Lipinski definition) is 1. The Labute approximate surface area is 88.7 Å². The van der Waals surface area contributed by atoms with Gasteiger partial charge in [-0.1, -0.05) is 6.07 Å². The zero-order chi connectivity index (χ0) is 11.6. The second-order valence-corrected chi connectivity index (χ2v) is 3.72. The third-order valence-corrected chi connectivity index (χ3v) is 2.64. The molecule has 0 aliphatic rings. The Morgan fingerprint density at radius 2 is 1.93 bits per heavy atom. The molecule has 0 saturated carbocycles. The van der Waals surface area contributed by atoms with Gasteiger partial charge in [-0.15, -0.1) is 0 Å². The lowest BCUT2D eigenvalue weighted by Gasteiger charge is -2.12. The Morgan fingerprint density at radius 3 is 2.40 bits per heavy atom. The van der Waals surface area contributed by atoms with Crippen molar-refractivity contribution < 1.29 is 14.7 Å². The SMILES string of the molecule is Cc1cc(C)c(CC(=O)O)c(C)c1C=O. The van der Waals surface area contributed by atoms with Gasteiger partial charge in [-0.3, -0.25) is 9.59 Å². The summed E-state index contributed by atoms with van der Waals surface area (Å²) in [5, 5.41) is 8.76. The van der Waals surface area contributed by atoms with E-state index in [2.05, 4.69) is 0 Å². The van der Waals surface area contributed by atoms with E-state index >= 15 is 0 Å². The van der Waals surface area contributed by atoms with Crippen molar-refractivity contribution in [1.29, 1.82) is 0 Å². The molecule has 15 heavy (non-hydrogen) atoms. The molecule has 3 heteroatoms. The summed E-state index contributed by atoms with van der Waals surface area (Å²) < 4.78 is 0. The maximum Gasteiger partial charge on any atom is 0.307 e. The molecule has 1 aromatic rings. The highest BCUT2D eigenvalue weighted by molar-refractivity contribution is 5.82. The van der Waals surface area contributed by atoms with Gasteiger partial charge in [0.1, 0.15) is 0 Å². The number of aryl methyl sites for hydroxylation is 2. The first-order chi connectivity index (χ1) is 6.97. The van der Waals surface area contributed by atoms with E-state index in [0.29, 0.717) is 5.56 Å². The Kier molecular flexibility index (Phi) is 3.24. The van der Waals surface area contributed by atoms with Gasteiger partial charge in [0.2, 0.25) is 0 Å². The first-order valence-electron chi connectivity index (χ1n) is 4.74. The molecule has 1 aromatic carbocycles. The molecule has 0 saturated heterocycles. The van der Waals surface area contributed by atoms with Crippen molar-refractivity contribution in [2.45, 2.75) is 27.2 Å². The molecule has 0 unspecified atom stereocenters. The van der Waals surface area contributed by atoms with Crippen LogP contribution in [0.2, 0.25) is 0 Å². The first kappa shape index (κ1) is 11.4. The summed E-state index contributed by atoms with van der Waals surface area (Å²) in [4.78, 5) is 21.5. The third kappa shape index (κ3) is 2.24. The summed E-state index contributed by atoms with van der Waals surface area (Å²) in [6.45, 7) is 5.52. The fourth-order valence-corrected chi connectivity index (χ4v) is 1.85. The molecule has 1 N–H and O–H groups in total. The summed E-state index contributed by atoms with van der Waals surface area (Å²) in [6, 6.07) is 1.86. The maximum atomic E-state index is 10.9. The van der Waals surface area contributed by atoms with Crippen LogP contribution in [0.15, 0.2) is 6.07 Å². The van der Waals surface area contributed by atoms with Crippen molar-refractivity contribution in [1.82, 2.24) is 0 Å². The topological polar surface area (TPSA) is 54.4 Å². The molecule has 0 radical (unpaired) electrons. The van der Waals surface area contributed by atoms with Crippen LogP contribution < -0.4 is 0 Å². The lowest BCUT2D eigenvalue weighted by molar-refractivity contribution is -0.136. The fourth-order valence-electron chi connectivity index (χ4n) is 1.85. The number of carbonyl (C=O) groups excluding carboxylic acids is 1. The minimum atomic E-state index is -0.873. The molecule has 0 bridgehead atoms. The largest absolute Gasteiger partial charge is 0.481 e. The van der Waals surface area contributed by atoms with Gasteiger partial charge in [-0.05, 0) is 43.0 Å². The minimum absolute atomic E-state index is 0.0290. The second kappa shape index (κ2) is 4.26. The van der Waals surface area contributed by atoms with Gasteiger partial charge in [0.15, 0.2) is 6.29 Å².